The van der Waals surface area contributed by atoms with Crippen LogP contribution in [-0.4, -0.2) is 44.7 Å². The van der Waals surface area contributed by atoms with Crippen LogP contribution in [0.5, 0.6) is 0 Å². The Labute approximate surface area is 125 Å². The monoisotopic (exact) mass is 370 g/mol. The lowest BCUT2D eigenvalue weighted by molar-refractivity contribution is -0.119. The minimum Gasteiger partial charge on any atom is -0.382 e. The first-order valence-corrected chi connectivity index (χ1v) is 5.69. The number of amides is 1. The average molecular weight is 370 g/mol. The molecule has 7 heteroatoms. The predicted octanol–water partition coefficient (Wildman–Crippen LogP) is 0.237. The summed E-state index contributed by atoms with van der Waals surface area (Å²) in [6.45, 7) is 8.00. The molecule has 0 aromatic carbocycles. The summed E-state index contributed by atoms with van der Waals surface area (Å²) in [5.41, 5.74) is 5.56. The Morgan fingerprint density at radius 3 is 2.83 bits per heavy atom. The summed E-state index contributed by atoms with van der Waals surface area (Å²) in [5.74, 6) is 0.0965. The van der Waals surface area contributed by atoms with E-state index in [2.05, 4.69) is 22.2 Å². The number of hydrogen-bond donors (Lipinski definition) is 3. The van der Waals surface area contributed by atoms with E-state index in [9.17, 15) is 4.79 Å². The molecule has 0 rings (SSSR count). The molecule has 0 atom stereocenters. The van der Waals surface area contributed by atoms with Crippen LogP contribution in [0.3, 0.4) is 0 Å². The van der Waals surface area contributed by atoms with Gasteiger partial charge in [-0.05, 0) is 13.3 Å². The second-order valence-electron chi connectivity index (χ2n) is 3.27. The minimum atomic E-state index is -0.177. The molecule has 0 aromatic heterocycles. The maximum Gasteiger partial charge on any atom is 0.242 e. The molecule has 0 heterocycles. The number of guanidine groups is 1. The number of carbonyl (C=O) groups is 1. The minimum absolute atomic E-state index is 0. The van der Waals surface area contributed by atoms with Crippen molar-refractivity contribution in [3.63, 3.8) is 0 Å². The zero-order chi connectivity index (χ0) is 12.9. The van der Waals surface area contributed by atoms with E-state index in [-0.39, 0.29) is 42.4 Å². The van der Waals surface area contributed by atoms with E-state index in [1.54, 1.807) is 6.08 Å². The molecule has 6 nitrogen and oxygen atoms in total. The van der Waals surface area contributed by atoms with E-state index < -0.39 is 0 Å². The Morgan fingerprint density at radius 2 is 2.22 bits per heavy atom. The van der Waals surface area contributed by atoms with Gasteiger partial charge in [0.1, 0.15) is 6.54 Å². The Morgan fingerprint density at radius 1 is 1.50 bits per heavy atom. The number of ether oxygens (including phenoxy) is 1. The Kier molecular flexibility index (Phi) is 15.4. The third kappa shape index (κ3) is 13.2. The van der Waals surface area contributed by atoms with Crippen molar-refractivity contribution >= 4 is 35.8 Å². The van der Waals surface area contributed by atoms with Crippen LogP contribution in [0.2, 0.25) is 0 Å². The van der Waals surface area contributed by atoms with Gasteiger partial charge in [0.05, 0.1) is 0 Å². The fraction of sp³-hybridized carbons (Fsp3) is 0.636. The van der Waals surface area contributed by atoms with Gasteiger partial charge in [0.25, 0.3) is 0 Å². The fourth-order valence-electron chi connectivity index (χ4n) is 0.990. The normalized spacial score (nSPS) is 10.4. The van der Waals surface area contributed by atoms with Crippen molar-refractivity contribution in [1.82, 2.24) is 10.6 Å². The van der Waals surface area contributed by atoms with Gasteiger partial charge < -0.3 is 21.1 Å². The van der Waals surface area contributed by atoms with Gasteiger partial charge in [0.2, 0.25) is 5.91 Å². The molecule has 18 heavy (non-hydrogen) atoms. The molecule has 0 aliphatic rings. The molecule has 0 fully saturated rings. The smallest absolute Gasteiger partial charge is 0.242 e. The van der Waals surface area contributed by atoms with E-state index in [0.717, 1.165) is 6.42 Å². The van der Waals surface area contributed by atoms with Gasteiger partial charge in [-0.1, -0.05) is 6.08 Å². The number of nitrogens with two attached hydrogens (primary N) is 1. The van der Waals surface area contributed by atoms with E-state index in [4.69, 9.17) is 10.5 Å². The standard InChI is InChI=1S/C11H22N4O2.HI/c1-3-6-13-10(16)9-15-11(12)14-7-5-8-17-4-2;/h3H,1,4-9H2,2H3,(H,13,16)(H3,12,14,15);1H. The molecule has 0 spiro atoms. The van der Waals surface area contributed by atoms with Crippen LogP contribution in [0.25, 0.3) is 0 Å². The van der Waals surface area contributed by atoms with E-state index >= 15 is 0 Å². The SMILES string of the molecule is C=CCNC(=O)CN=C(N)NCCCOCC.I. The largest absolute Gasteiger partial charge is 0.382 e. The van der Waals surface area contributed by atoms with Crippen LogP contribution < -0.4 is 16.4 Å². The Hall–Kier alpha value is -0.830. The number of hydrogen-bond acceptors (Lipinski definition) is 3. The Balaban J connectivity index is 0. The van der Waals surface area contributed by atoms with Crippen LogP contribution >= 0.6 is 24.0 Å². The number of aliphatic imine (C=N–C) groups is 1. The summed E-state index contributed by atoms with van der Waals surface area (Å²) >= 11 is 0. The fourth-order valence-corrected chi connectivity index (χ4v) is 0.990. The molecule has 0 aliphatic heterocycles. The number of rotatable bonds is 9. The Bertz CT molecular complexity index is 259. The summed E-state index contributed by atoms with van der Waals surface area (Å²) < 4.78 is 5.16. The zero-order valence-corrected chi connectivity index (χ0v) is 13.1. The van der Waals surface area contributed by atoms with Crippen LogP contribution in [0.4, 0.5) is 0 Å². The van der Waals surface area contributed by atoms with Gasteiger partial charge in [-0.2, -0.15) is 0 Å². The second-order valence-corrected chi connectivity index (χ2v) is 3.27. The summed E-state index contributed by atoms with van der Waals surface area (Å²) in [6.07, 6.45) is 2.46. The molecule has 0 bridgehead atoms. The van der Waals surface area contributed by atoms with Crippen LogP contribution in [0.15, 0.2) is 17.6 Å². The highest BCUT2D eigenvalue weighted by Crippen LogP contribution is 1.80. The first-order valence-electron chi connectivity index (χ1n) is 5.69. The summed E-state index contributed by atoms with van der Waals surface area (Å²) in [4.78, 5) is 15.0. The van der Waals surface area contributed by atoms with Crippen molar-refractivity contribution in [2.75, 3.05) is 32.8 Å². The van der Waals surface area contributed by atoms with Gasteiger partial charge >= 0.3 is 0 Å². The number of nitrogens with zero attached hydrogens (tertiary/aromatic N) is 1. The van der Waals surface area contributed by atoms with Gasteiger partial charge in [-0.3, -0.25) is 4.79 Å². The zero-order valence-electron chi connectivity index (χ0n) is 10.8. The molecule has 0 saturated carbocycles. The highest BCUT2D eigenvalue weighted by Gasteiger charge is 1.97. The highest BCUT2D eigenvalue weighted by atomic mass is 127. The molecule has 0 saturated heterocycles. The van der Waals surface area contributed by atoms with E-state index in [1.807, 2.05) is 6.92 Å². The molecule has 1 amide bonds. The number of halogens is 1. The number of carbonyl (C=O) groups excluding carboxylic acids is 1. The average Bonchev–Trinajstić information content (AvgIpc) is 2.33. The highest BCUT2D eigenvalue weighted by molar-refractivity contribution is 14.0. The van der Waals surface area contributed by atoms with Crippen LogP contribution in [-0.2, 0) is 9.53 Å². The lowest BCUT2D eigenvalue weighted by Crippen LogP contribution is -2.34. The first kappa shape index (κ1) is 19.5. The van der Waals surface area contributed by atoms with Gasteiger partial charge in [0.15, 0.2) is 5.96 Å². The molecule has 4 N–H and O–H groups in total. The molecular weight excluding hydrogens is 347 g/mol. The van der Waals surface area contributed by atoms with Gasteiger partial charge in [-0.15, -0.1) is 30.6 Å². The first-order chi connectivity index (χ1) is 8.20. The lowest BCUT2D eigenvalue weighted by atomic mass is 10.4. The summed E-state index contributed by atoms with van der Waals surface area (Å²) in [7, 11) is 0. The summed E-state index contributed by atoms with van der Waals surface area (Å²) in [6, 6.07) is 0. The molecule has 0 aromatic rings. The summed E-state index contributed by atoms with van der Waals surface area (Å²) in [5, 5.41) is 5.50. The molecular formula is C11H23IN4O2. The van der Waals surface area contributed by atoms with E-state index in [0.29, 0.717) is 26.3 Å². The van der Waals surface area contributed by atoms with Crippen molar-refractivity contribution < 1.29 is 9.53 Å². The second kappa shape index (κ2) is 14.2. The van der Waals surface area contributed by atoms with Gasteiger partial charge in [0, 0.05) is 26.3 Å². The third-order valence-corrected chi connectivity index (χ3v) is 1.81. The molecule has 0 radical (unpaired) electrons. The van der Waals surface area contributed by atoms with Crippen molar-refractivity contribution in [3.05, 3.63) is 12.7 Å². The van der Waals surface area contributed by atoms with Gasteiger partial charge in [-0.25, -0.2) is 4.99 Å². The lowest BCUT2D eigenvalue weighted by Gasteiger charge is -2.05. The molecule has 106 valence electrons. The molecule has 0 unspecified atom stereocenters. The third-order valence-electron chi connectivity index (χ3n) is 1.81. The van der Waals surface area contributed by atoms with Crippen LogP contribution in [0, 0.1) is 0 Å². The maximum atomic E-state index is 11.2. The quantitative estimate of drug-likeness (QED) is 0.178. The van der Waals surface area contributed by atoms with E-state index in [1.165, 1.54) is 0 Å². The number of nitrogens with one attached hydrogen (secondary N) is 2. The van der Waals surface area contributed by atoms with Crippen molar-refractivity contribution in [1.29, 1.82) is 0 Å². The van der Waals surface area contributed by atoms with Crippen molar-refractivity contribution in [2.24, 2.45) is 10.7 Å². The van der Waals surface area contributed by atoms with Crippen molar-refractivity contribution in [2.45, 2.75) is 13.3 Å². The predicted molar refractivity (Wildman–Crippen MR) is 84.2 cm³/mol. The van der Waals surface area contributed by atoms with Crippen molar-refractivity contribution in [3.8, 4) is 0 Å². The molecule has 0 aliphatic carbocycles. The maximum absolute atomic E-state index is 11.2. The topological polar surface area (TPSA) is 88.7 Å². The van der Waals surface area contributed by atoms with Crippen LogP contribution in [0.1, 0.15) is 13.3 Å².